The highest BCUT2D eigenvalue weighted by Crippen LogP contribution is 2.18. The van der Waals surface area contributed by atoms with Crippen LogP contribution in [-0.2, 0) is 4.79 Å². The van der Waals surface area contributed by atoms with E-state index in [-0.39, 0.29) is 11.7 Å². The van der Waals surface area contributed by atoms with Gasteiger partial charge in [-0.3, -0.25) is 9.59 Å². The molecule has 0 atom stereocenters. The zero-order chi connectivity index (χ0) is 18.5. The Balaban J connectivity index is 1.55. The summed E-state index contributed by atoms with van der Waals surface area (Å²) in [6, 6.07) is 15.5. The number of carbonyl (C=O) groups is 2. The van der Waals surface area contributed by atoms with Crippen molar-refractivity contribution < 1.29 is 9.59 Å². The Bertz CT molecular complexity index is 805. The number of rotatable bonds is 4. The van der Waals surface area contributed by atoms with Crippen molar-refractivity contribution in [3.63, 3.8) is 0 Å². The molecule has 4 nitrogen and oxygen atoms in total. The number of Topliss-reactive ketones (excluding diaryl/α,β-unsaturated/α-hetero) is 1. The molecule has 1 saturated heterocycles. The van der Waals surface area contributed by atoms with E-state index in [4.69, 9.17) is 0 Å². The summed E-state index contributed by atoms with van der Waals surface area (Å²) in [6.45, 7) is 4.53. The van der Waals surface area contributed by atoms with Crippen LogP contribution in [0.4, 0.5) is 5.69 Å². The van der Waals surface area contributed by atoms with Crippen LogP contribution >= 0.6 is 15.9 Å². The second kappa shape index (κ2) is 8.32. The van der Waals surface area contributed by atoms with Crippen LogP contribution in [-0.4, -0.2) is 42.8 Å². The molecule has 1 fully saturated rings. The average Bonchev–Trinajstić information content (AvgIpc) is 2.67. The molecule has 2 aromatic carbocycles. The molecule has 1 amide bonds. The van der Waals surface area contributed by atoms with Crippen molar-refractivity contribution in [1.82, 2.24) is 4.90 Å². The summed E-state index contributed by atoms with van der Waals surface area (Å²) in [7, 11) is 0. The molecule has 0 aromatic heterocycles. The SMILES string of the molecule is CC(=O)c1ccc(N2CCN(C(=O)/C=C/c3ccc(Br)cc3)CC2)cc1. The standard InChI is InChI=1S/C21H21BrN2O2/c1-16(25)18-5-9-20(10-6-18)23-12-14-24(15-13-23)21(26)11-4-17-2-7-19(22)8-3-17/h2-11H,12-15H2,1H3/b11-4+. The second-order valence-corrected chi connectivity index (χ2v) is 7.22. The number of halogens is 1. The molecule has 1 heterocycles. The van der Waals surface area contributed by atoms with Gasteiger partial charge < -0.3 is 9.80 Å². The minimum absolute atomic E-state index is 0.0412. The Labute approximate surface area is 162 Å². The molecular formula is C21H21BrN2O2. The van der Waals surface area contributed by atoms with E-state index in [2.05, 4.69) is 20.8 Å². The van der Waals surface area contributed by atoms with Crippen LogP contribution in [0, 0.1) is 0 Å². The minimum Gasteiger partial charge on any atom is -0.368 e. The predicted octanol–water partition coefficient (Wildman–Crippen LogP) is 4.01. The third kappa shape index (κ3) is 4.61. The molecule has 26 heavy (non-hydrogen) atoms. The third-order valence-corrected chi connectivity index (χ3v) is 5.05. The smallest absolute Gasteiger partial charge is 0.246 e. The maximum atomic E-state index is 12.4. The van der Waals surface area contributed by atoms with Gasteiger partial charge in [-0.2, -0.15) is 0 Å². The van der Waals surface area contributed by atoms with E-state index in [1.807, 2.05) is 59.5 Å². The first-order valence-corrected chi connectivity index (χ1v) is 9.41. The van der Waals surface area contributed by atoms with Crippen molar-refractivity contribution in [1.29, 1.82) is 0 Å². The van der Waals surface area contributed by atoms with Gasteiger partial charge in [-0.25, -0.2) is 0 Å². The number of carbonyl (C=O) groups excluding carboxylic acids is 2. The number of benzene rings is 2. The van der Waals surface area contributed by atoms with Gasteiger partial charge in [0.15, 0.2) is 5.78 Å². The molecule has 0 spiro atoms. The molecule has 0 N–H and O–H groups in total. The lowest BCUT2D eigenvalue weighted by Gasteiger charge is -2.35. The highest BCUT2D eigenvalue weighted by molar-refractivity contribution is 9.10. The molecule has 0 unspecified atom stereocenters. The number of ketones is 1. The van der Waals surface area contributed by atoms with E-state index in [0.29, 0.717) is 13.1 Å². The molecule has 134 valence electrons. The summed E-state index contributed by atoms with van der Waals surface area (Å²) in [5, 5.41) is 0. The van der Waals surface area contributed by atoms with Crippen LogP contribution in [0.1, 0.15) is 22.8 Å². The summed E-state index contributed by atoms with van der Waals surface area (Å²) < 4.78 is 1.02. The molecule has 3 rings (SSSR count). The molecule has 0 radical (unpaired) electrons. The lowest BCUT2D eigenvalue weighted by Crippen LogP contribution is -2.48. The normalized spacial score (nSPS) is 14.7. The lowest BCUT2D eigenvalue weighted by atomic mass is 10.1. The van der Waals surface area contributed by atoms with E-state index in [1.54, 1.807) is 13.0 Å². The Hall–Kier alpha value is -2.40. The van der Waals surface area contributed by atoms with Crippen LogP contribution in [0.15, 0.2) is 59.1 Å². The molecule has 2 aromatic rings. The number of amides is 1. The van der Waals surface area contributed by atoms with E-state index in [0.717, 1.165) is 34.4 Å². The van der Waals surface area contributed by atoms with E-state index in [9.17, 15) is 9.59 Å². The molecule has 0 saturated carbocycles. The Kier molecular flexibility index (Phi) is 5.89. The molecule has 1 aliphatic rings. The van der Waals surface area contributed by atoms with Crippen LogP contribution in [0.2, 0.25) is 0 Å². The van der Waals surface area contributed by atoms with E-state index >= 15 is 0 Å². The third-order valence-electron chi connectivity index (χ3n) is 4.52. The maximum Gasteiger partial charge on any atom is 0.246 e. The van der Waals surface area contributed by atoms with Crippen molar-refractivity contribution in [2.24, 2.45) is 0 Å². The summed E-state index contributed by atoms with van der Waals surface area (Å²) in [4.78, 5) is 27.9. The average molecular weight is 413 g/mol. The molecule has 0 bridgehead atoms. The van der Waals surface area contributed by atoms with Crippen LogP contribution in [0.25, 0.3) is 6.08 Å². The minimum atomic E-state index is 0.0412. The first-order chi connectivity index (χ1) is 12.5. The van der Waals surface area contributed by atoms with Crippen LogP contribution in [0.3, 0.4) is 0 Å². The highest BCUT2D eigenvalue weighted by atomic mass is 79.9. The number of anilines is 1. The monoisotopic (exact) mass is 412 g/mol. The molecule has 1 aliphatic heterocycles. The number of hydrogen-bond acceptors (Lipinski definition) is 3. The Morgan fingerprint density at radius 1 is 0.923 bits per heavy atom. The first-order valence-electron chi connectivity index (χ1n) is 8.61. The van der Waals surface area contributed by atoms with Crippen molar-refractivity contribution in [2.75, 3.05) is 31.1 Å². The highest BCUT2D eigenvalue weighted by Gasteiger charge is 2.19. The second-order valence-electron chi connectivity index (χ2n) is 6.30. The maximum absolute atomic E-state index is 12.4. The van der Waals surface area contributed by atoms with Gasteiger partial charge in [-0.1, -0.05) is 28.1 Å². The van der Waals surface area contributed by atoms with Crippen LogP contribution < -0.4 is 4.90 Å². The number of hydrogen-bond donors (Lipinski definition) is 0. The summed E-state index contributed by atoms with van der Waals surface area (Å²) in [5.41, 5.74) is 2.82. The van der Waals surface area contributed by atoms with Crippen molar-refractivity contribution in [2.45, 2.75) is 6.92 Å². The van der Waals surface area contributed by atoms with E-state index in [1.165, 1.54) is 0 Å². The fourth-order valence-corrected chi connectivity index (χ4v) is 3.20. The zero-order valence-corrected chi connectivity index (χ0v) is 16.3. The summed E-state index contributed by atoms with van der Waals surface area (Å²) in [5.74, 6) is 0.115. The van der Waals surface area contributed by atoms with Gasteiger partial charge in [0.05, 0.1) is 0 Å². The van der Waals surface area contributed by atoms with Gasteiger partial charge in [-0.15, -0.1) is 0 Å². The summed E-state index contributed by atoms with van der Waals surface area (Å²) in [6.07, 6.45) is 3.49. The number of nitrogens with zero attached hydrogens (tertiary/aromatic N) is 2. The Morgan fingerprint density at radius 2 is 1.54 bits per heavy atom. The van der Waals surface area contributed by atoms with Gasteiger partial charge in [0.1, 0.15) is 0 Å². The van der Waals surface area contributed by atoms with Gasteiger partial charge in [0, 0.05) is 48.0 Å². The number of piperazine rings is 1. The van der Waals surface area contributed by atoms with Gasteiger partial charge >= 0.3 is 0 Å². The summed E-state index contributed by atoms with van der Waals surface area (Å²) >= 11 is 3.40. The quantitative estimate of drug-likeness (QED) is 0.562. The van der Waals surface area contributed by atoms with Crippen molar-refractivity contribution in [3.8, 4) is 0 Å². The lowest BCUT2D eigenvalue weighted by molar-refractivity contribution is -0.126. The Morgan fingerprint density at radius 3 is 2.12 bits per heavy atom. The van der Waals surface area contributed by atoms with Crippen LogP contribution in [0.5, 0.6) is 0 Å². The van der Waals surface area contributed by atoms with Crippen molar-refractivity contribution in [3.05, 3.63) is 70.2 Å². The fourth-order valence-electron chi connectivity index (χ4n) is 2.94. The topological polar surface area (TPSA) is 40.6 Å². The molecule has 5 heteroatoms. The predicted molar refractivity (Wildman–Crippen MR) is 108 cm³/mol. The zero-order valence-electron chi connectivity index (χ0n) is 14.7. The van der Waals surface area contributed by atoms with Gasteiger partial charge in [0.2, 0.25) is 5.91 Å². The largest absolute Gasteiger partial charge is 0.368 e. The first kappa shape index (κ1) is 18.4. The van der Waals surface area contributed by atoms with Gasteiger partial charge in [0.25, 0.3) is 0 Å². The fraction of sp³-hybridized carbons (Fsp3) is 0.238. The van der Waals surface area contributed by atoms with E-state index < -0.39 is 0 Å². The molecule has 0 aliphatic carbocycles. The molecular weight excluding hydrogens is 392 g/mol. The van der Waals surface area contributed by atoms with Crippen molar-refractivity contribution >= 4 is 39.4 Å². The van der Waals surface area contributed by atoms with Gasteiger partial charge in [-0.05, 0) is 55.0 Å².